The lowest BCUT2D eigenvalue weighted by atomic mass is 10.3. The van der Waals surface area contributed by atoms with E-state index in [9.17, 15) is 4.79 Å². The number of halogens is 1. The Morgan fingerprint density at radius 3 is 2.82 bits per heavy atom. The van der Waals surface area contributed by atoms with Crippen LogP contribution in [0.3, 0.4) is 0 Å². The predicted octanol–water partition coefficient (Wildman–Crippen LogP) is 1.87. The lowest BCUT2D eigenvalue weighted by molar-refractivity contribution is 0.0703. The number of aromatic nitrogens is 1. The lowest BCUT2D eigenvalue weighted by Crippen LogP contribution is -2.36. The number of hydrogen-bond donors (Lipinski definition) is 0. The summed E-state index contributed by atoms with van der Waals surface area (Å²) in [6, 6.07) is 5.46. The Balaban J connectivity index is 2.76. The van der Waals surface area contributed by atoms with Crippen molar-refractivity contribution < 1.29 is 9.53 Å². The van der Waals surface area contributed by atoms with Crippen LogP contribution in [0.4, 0.5) is 0 Å². The number of rotatable bonds is 6. The number of carbonyl (C=O) groups excluding carboxylic acids is 1. The van der Waals surface area contributed by atoms with Crippen LogP contribution in [0, 0.1) is 6.92 Å². The minimum atomic E-state index is -0.0507. The van der Waals surface area contributed by atoms with E-state index in [2.05, 4.69) is 20.9 Å². The largest absolute Gasteiger partial charge is 0.383 e. The van der Waals surface area contributed by atoms with Crippen molar-refractivity contribution in [3.05, 3.63) is 29.6 Å². The van der Waals surface area contributed by atoms with Crippen molar-refractivity contribution >= 4 is 21.8 Å². The van der Waals surface area contributed by atoms with Gasteiger partial charge >= 0.3 is 0 Å². The average Bonchev–Trinajstić information content (AvgIpc) is 2.33. The first kappa shape index (κ1) is 14.1. The summed E-state index contributed by atoms with van der Waals surface area (Å²) < 4.78 is 5.00. The summed E-state index contributed by atoms with van der Waals surface area (Å²) in [5, 5.41) is 0.744. The molecule has 0 bridgehead atoms. The van der Waals surface area contributed by atoms with E-state index in [0.29, 0.717) is 25.4 Å². The maximum absolute atomic E-state index is 12.2. The molecular formula is C12H17BrN2O2. The van der Waals surface area contributed by atoms with Crippen LogP contribution in [0.15, 0.2) is 18.2 Å². The molecule has 0 aliphatic carbocycles. The molecule has 0 spiro atoms. The third-order valence-corrected chi connectivity index (χ3v) is 2.67. The third kappa shape index (κ3) is 4.44. The van der Waals surface area contributed by atoms with Crippen LogP contribution < -0.4 is 0 Å². The number of pyridine rings is 1. The zero-order chi connectivity index (χ0) is 12.7. The lowest BCUT2D eigenvalue weighted by Gasteiger charge is -2.20. The van der Waals surface area contributed by atoms with E-state index in [-0.39, 0.29) is 5.91 Å². The molecule has 17 heavy (non-hydrogen) atoms. The van der Waals surface area contributed by atoms with Crippen molar-refractivity contribution in [3.63, 3.8) is 0 Å². The molecule has 0 radical (unpaired) electrons. The molecule has 0 saturated carbocycles. The van der Waals surface area contributed by atoms with Gasteiger partial charge in [-0.3, -0.25) is 4.79 Å². The summed E-state index contributed by atoms with van der Waals surface area (Å²) in [4.78, 5) is 18.2. The van der Waals surface area contributed by atoms with E-state index in [0.717, 1.165) is 11.0 Å². The van der Waals surface area contributed by atoms with Gasteiger partial charge in [0.1, 0.15) is 5.69 Å². The molecule has 1 aromatic heterocycles. The Morgan fingerprint density at radius 1 is 1.47 bits per heavy atom. The minimum Gasteiger partial charge on any atom is -0.383 e. The van der Waals surface area contributed by atoms with Gasteiger partial charge in [0.2, 0.25) is 0 Å². The summed E-state index contributed by atoms with van der Waals surface area (Å²) in [5.74, 6) is -0.0507. The maximum Gasteiger partial charge on any atom is 0.272 e. The van der Waals surface area contributed by atoms with E-state index in [1.54, 1.807) is 18.1 Å². The number of hydrogen-bond acceptors (Lipinski definition) is 3. The summed E-state index contributed by atoms with van der Waals surface area (Å²) in [7, 11) is 1.63. The van der Waals surface area contributed by atoms with Gasteiger partial charge in [-0.25, -0.2) is 4.98 Å². The molecule has 94 valence electrons. The highest BCUT2D eigenvalue weighted by atomic mass is 79.9. The van der Waals surface area contributed by atoms with Crippen molar-refractivity contribution in [3.8, 4) is 0 Å². The Kier molecular flexibility index (Phi) is 6.15. The van der Waals surface area contributed by atoms with Gasteiger partial charge in [0.15, 0.2) is 0 Å². The van der Waals surface area contributed by atoms with E-state index in [1.807, 2.05) is 19.1 Å². The Hall–Kier alpha value is -0.940. The second-order valence-corrected chi connectivity index (χ2v) is 4.43. The Morgan fingerprint density at radius 2 is 2.24 bits per heavy atom. The summed E-state index contributed by atoms with van der Waals surface area (Å²) in [6.07, 6.45) is 0. The number of alkyl halides is 1. The van der Waals surface area contributed by atoms with Crippen LogP contribution in [-0.2, 0) is 4.74 Å². The molecule has 1 amide bonds. The molecule has 1 rings (SSSR count). The van der Waals surface area contributed by atoms with Gasteiger partial charge in [0, 0.05) is 31.2 Å². The zero-order valence-electron chi connectivity index (χ0n) is 10.1. The van der Waals surface area contributed by atoms with Crippen molar-refractivity contribution in [2.75, 3.05) is 32.1 Å². The Labute approximate surface area is 110 Å². The van der Waals surface area contributed by atoms with E-state index in [4.69, 9.17) is 4.74 Å². The van der Waals surface area contributed by atoms with E-state index >= 15 is 0 Å². The van der Waals surface area contributed by atoms with E-state index in [1.165, 1.54) is 0 Å². The van der Waals surface area contributed by atoms with Gasteiger partial charge in [0.05, 0.1) is 6.61 Å². The zero-order valence-corrected chi connectivity index (χ0v) is 11.7. The summed E-state index contributed by atoms with van der Waals surface area (Å²) in [6.45, 7) is 3.64. The van der Waals surface area contributed by atoms with Crippen LogP contribution in [0.1, 0.15) is 16.2 Å². The van der Waals surface area contributed by atoms with Gasteiger partial charge in [-0.1, -0.05) is 22.0 Å². The molecule has 1 heterocycles. The first-order valence-corrected chi connectivity index (χ1v) is 6.59. The second kappa shape index (κ2) is 7.40. The smallest absolute Gasteiger partial charge is 0.272 e. The monoisotopic (exact) mass is 300 g/mol. The van der Waals surface area contributed by atoms with Crippen LogP contribution >= 0.6 is 15.9 Å². The number of aryl methyl sites for hydroxylation is 1. The molecule has 0 aliphatic rings. The molecule has 0 fully saturated rings. The van der Waals surface area contributed by atoms with Crippen molar-refractivity contribution in [2.45, 2.75) is 6.92 Å². The highest BCUT2D eigenvalue weighted by Gasteiger charge is 2.15. The predicted molar refractivity (Wildman–Crippen MR) is 70.5 cm³/mol. The average molecular weight is 301 g/mol. The summed E-state index contributed by atoms with van der Waals surface area (Å²) in [5.41, 5.74) is 1.34. The number of methoxy groups -OCH3 is 1. The molecule has 0 unspecified atom stereocenters. The molecule has 0 aliphatic heterocycles. The molecular weight excluding hydrogens is 284 g/mol. The molecule has 4 nitrogen and oxygen atoms in total. The SMILES string of the molecule is COCCN(CCBr)C(=O)c1cccc(C)n1. The van der Waals surface area contributed by atoms with Crippen LogP contribution in [0.5, 0.6) is 0 Å². The molecule has 0 aromatic carbocycles. The number of ether oxygens (including phenoxy) is 1. The fourth-order valence-electron chi connectivity index (χ4n) is 1.44. The highest BCUT2D eigenvalue weighted by molar-refractivity contribution is 9.09. The van der Waals surface area contributed by atoms with Gasteiger partial charge in [-0.05, 0) is 19.1 Å². The Bertz CT molecular complexity index is 371. The maximum atomic E-state index is 12.2. The minimum absolute atomic E-state index is 0.0507. The number of carbonyl (C=O) groups is 1. The molecule has 1 aromatic rings. The quantitative estimate of drug-likeness (QED) is 0.753. The van der Waals surface area contributed by atoms with Gasteiger partial charge < -0.3 is 9.64 Å². The first-order valence-electron chi connectivity index (χ1n) is 5.47. The molecule has 0 saturated heterocycles. The van der Waals surface area contributed by atoms with Crippen molar-refractivity contribution in [2.24, 2.45) is 0 Å². The van der Waals surface area contributed by atoms with E-state index < -0.39 is 0 Å². The second-order valence-electron chi connectivity index (χ2n) is 3.64. The van der Waals surface area contributed by atoms with Gasteiger partial charge in [-0.2, -0.15) is 0 Å². The molecule has 0 N–H and O–H groups in total. The standard InChI is InChI=1S/C12H17BrN2O2/c1-10-4-3-5-11(14-10)12(16)15(7-6-13)8-9-17-2/h3-5H,6-9H2,1-2H3. The molecule has 5 heteroatoms. The number of nitrogens with zero attached hydrogens (tertiary/aromatic N) is 2. The van der Waals surface area contributed by atoms with Gasteiger partial charge in [-0.15, -0.1) is 0 Å². The fraction of sp³-hybridized carbons (Fsp3) is 0.500. The highest BCUT2D eigenvalue weighted by Crippen LogP contribution is 2.04. The normalized spacial score (nSPS) is 10.3. The topological polar surface area (TPSA) is 42.4 Å². The van der Waals surface area contributed by atoms with Gasteiger partial charge in [0.25, 0.3) is 5.91 Å². The van der Waals surface area contributed by atoms with Crippen LogP contribution in [0.2, 0.25) is 0 Å². The number of amides is 1. The third-order valence-electron chi connectivity index (χ3n) is 2.31. The molecule has 0 atom stereocenters. The summed E-state index contributed by atoms with van der Waals surface area (Å²) >= 11 is 3.34. The first-order chi connectivity index (χ1) is 8.19. The van der Waals surface area contributed by atoms with Crippen molar-refractivity contribution in [1.29, 1.82) is 0 Å². The van der Waals surface area contributed by atoms with Crippen LogP contribution in [-0.4, -0.2) is 47.9 Å². The van der Waals surface area contributed by atoms with Crippen LogP contribution in [0.25, 0.3) is 0 Å². The fourth-order valence-corrected chi connectivity index (χ4v) is 1.87. The van der Waals surface area contributed by atoms with Crippen molar-refractivity contribution in [1.82, 2.24) is 9.88 Å².